The maximum absolute atomic E-state index is 11.1. The minimum absolute atomic E-state index is 0.0352. The number of hydrogen-bond acceptors (Lipinski definition) is 2. The molecular weight excluding hydrogens is 176 g/mol. The summed E-state index contributed by atoms with van der Waals surface area (Å²) in [5.74, 6) is 0.0835. The third kappa shape index (κ3) is 2.54. The van der Waals surface area contributed by atoms with Crippen molar-refractivity contribution in [3.05, 3.63) is 41.0 Å². The van der Waals surface area contributed by atoms with Gasteiger partial charge in [0.05, 0.1) is 6.61 Å². The van der Waals surface area contributed by atoms with Gasteiger partial charge in [0.1, 0.15) is 0 Å². The third-order valence-electron chi connectivity index (χ3n) is 2.05. The van der Waals surface area contributed by atoms with Crippen molar-refractivity contribution in [3.63, 3.8) is 0 Å². The zero-order valence-electron chi connectivity index (χ0n) is 8.45. The van der Waals surface area contributed by atoms with Crippen LogP contribution in [0.15, 0.2) is 24.3 Å². The summed E-state index contributed by atoms with van der Waals surface area (Å²) < 4.78 is 0. The van der Waals surface area contributed by atoms with E-state index in [9.17, 15) is 4.79 Å². The van der Waals surface area contributed by atoms with Crippen LogP contribution in [0.4, 0.5) is 0 Å². The highest BCUT2D eigenvalue weighted by Crippen LogP contribution is 2.12. The van der Waals surface area contributed by atoms with Crippen LogP contribution in [-0.4, -0.2) is 17.5 Å². The molecule has 0 aliphatic rings. The van der Waals surface area contributed by atoms with Gasteiger partial charge in [0, 0.05) is 5.56 Å². The van der Waals surface area contributed by atoms with Crippen molar-refractivity contribution in [2.75, 3.05) is 6.61 Å². The van der Waals surface area contributed by atoms with Crippen LogP contribution in [0.25, 0.3) is 6.08 Å². The predicted octanol–water partition coefficient (Wildman–Crippen LogP) is 2.20. The van der Waals surface area contributed by atoms with Crippen molar-refractivity contribution in [1.29, 1.82) is 0 Å². The number of carbonyl (C=O) groups excluding carboxylic acids is 1. The fourth-order valence-electron chi connectivity index (χ4n) is 1.37. The minimum atomic E-state index is 0.0352. The lowest BCUT2D eigenvalue weighted by Gasteiger charge is -2.02. The van der Waals surface area contributed by atoms with Crippen LogP contribution in [0.2, 0.25) is 0 Å². The minimum Gasteiger partial charge on any atom is -0.392 e. The number of Topliss-reactive ketones (excluding diaryl/α,β-unsaturated/α-hetero) is 1. The molecule has 0 saturated heterocycles. The van der Waals surface area contributed by atoms with Gasteiger partial charge >= 0.3 is 0 Å². The predicted molar refractivity (Wildman–Crippen MR) is 57.3 cm³/mol. The Morgan fingerprint density at radius 1 is 1.50 bits per heavy atom. The van der Waals surface area contributed by atoms with Crippen LogP contribution in [0, 0.1) is 6.92 Å². The van der Waals surface area contributed by atoms with Crippen molar-refractivity contribution in [3.8, 4) is 0 Å². The number of aliphatic hydroxyl groups is 1. The Kier molecular flexibility index (Phi) is 3.60. The molecule has 74 valence electrons. The van der Waals surface area contributed by atoms with E-state index in [1.54, 1.807) is 13.0 Å². The van der Waals surface area contributed by atoms with Gasteiger partial charge in [-0.25, -0.2) is 0 Å². The second kappa shape index (κ2) is 4.72. The maximum Gasteiger partial charge on any atom is 0.160 e. The first-order chi connectivity index (χ1) is 6.65. The van der Waals surface area contributed by atoms with Gasteiger partial charge in [0.15, 0.2) is 5.78 Å². The first-order valence-electron chi connectivity index (χ1n) is 4.54. The van der Waals surface area contributed by atoms with E-state index in [-0.39, 0.29) is 12.4 Å². The molecule has 14 heavy (non-hydrogen) atoms. The molecule has 2 nitrogen and oxygen atoms in total. The number of benzene rings is 1. The number of ketones is 1. The van der Waals surface area contributed by atoms with Gasteiger partial charge in [-0.05, 0) is 25.0 Å². The number of rotatable bonds is 3. The summed E-state index contributed by atoms with van der Waals surface area (Å²) in [7, 11) is 0. The average molecular weight is 190 g/mol. The molecule has 0 saturated carbocycles. The molecule has 1 rings (SSSR count). The molecule has 0 heterocycles. The van der Waals surface area contributed by atoms with Gasteiger partial charge in [-0.15, -0.1) is 0 Å². The topological polar surface area (TPSA) is 37.3 Å². The van der Waals surface area contributed by atoms with E-state index < -0.39 is 0 Å². The van der Waals surface area contributed by atoms with Crippen molar-refractivity contribution in [2.45, 2.75) is 13.8 Å². The van der Waals surface area contributed by atoms with Crippen LogP contribution in [0.1, 0.15) is 28.4 Å². The van der Waals surface area contributed by atoms with Crippen LogP contribution in [0.3, 0.4) is 0 Å². The molecule has 0 fully saturated rings. The van der Waals surface area contributed by atoms with Crippen molar-refractivity contribution in [2.24, 2.45) is 0 Å². The molecule has 0 aliphatic carbocycles. The van der Waals surface area contributed by atoms with Crippen LogP contribution in [-0.2, 0) is 0 Å². The van der Waals surface area contributed by atoms with Crippen molar-refractivity contribution in [1.82, 2.24) is 0 Å². The zero-order chi connectivity index (χ0) is 10.6. The first-order valence-corrected chi connectivity index (χ1v) is 4.54. The highest BCUT2D eigenvalue weighted by atomic mass is 16.2. The largest absolute Gasteiger partial charge is 0.392 e. The summed E-state index contributed by atoms with van der Waals surface area (Å²) in [6, 6.07) is 5.62. The smallest absolute Gasteiger partial charge is 0.160 e. The molecule has 0 unspecified atom stereocenters. The van der Waals surface area contributed by atoms with Gasteiger partial charge in [0.25, 0.3) is 0 Å². The Hall–Kier alpha value is -1.41. The Morgan fingerprint density at radius 2 is 2.21 bits per heavy atom. The second-order valence-electron chi connectivity index (χ2n) is 3.22. The van der Waals surface area contributed by atoms with Crippen molar-refractivity contribution >= 4 is 11.9 Å². The Balaban J connectivity index is 3.00. The highest BCUT2D eigenvalue weighted by Gasteiger charge is 2.02. The van der Waals surface area contributed by atoms with E-state index in [2.05, 4.69) is 0 Å². The van der Waals surface area contributed by atoms with E-state index in [0.717, 1.165) is 16.7 Å². The summed E-state index contributed by atoms with van der Waals surface area (Å²) in [5.41, 5.74) is 2.73. The summed E-state index contributed by atoms with van der Waals surface area (Å²) in [5, 5.41) is 8.60. The number of hydrogen-bond donors (Lipinski definition) is 1. The number of aliphatic hydroxyl groups excluding tert-OH is 1. The molecule has 0 spiro atoms. The Morgan fingerprint density at radius 3 is 2.71 bits per heavy atom. The normalized spacial score (nSPS) is 10.8. The number of carbonyl (C=O) groups is 1. The summed E-state index contributed by atoms with van der Waals surface area (Å²) in [6.45, 7) is 3.51. The molecule has 0 atom stereocenters. The van der Waals surface area contributed by atoms with Gasteiger partial charge < -0.3 is 5.11 Å². The van der Waals surface area contributed by atoms with E-state index in [4.69, 9.17) is 5.11 Å². The molecular formula is C12H14O2. The summed E-state index contributed by atoms with van der Waals surface area (Å²) in [4.78, 5) is 11.1. The molecule has 0 radical (unpaired) electrons. The quantitative estimate of drug-likeness (QED) is 0.742. The molecule has 0 aliphatic heterocycles. The summed E-state index contributed by atoms with van der Waals surface area (Å²) in [6.07, 6.45) is 3.50. The first kappa shape index (κ1) is 10.7. The molecule has 0 amide bonds. The Labute approximate surface area is 83.9 Å². The summed E-state index contributed by atoms with van der Waals surface area (Å²) >= 11 is 0. The molecule has 1 aromatic rings. The Bertz CT molecular complexity index is 365. The molecule has 0 bridgehead atoms. The molecule has 1 N–H and O–H groups in total. The standard InChI is InChI=1S/C12H14O2/c1-9-8-11(4-3-7-13)5-6-12(9)10(2)14/h3-6,8,13H,7H2,1-2H3. The second-order valence-corrected chi connectivity index (χ2v) is 3.22. The van der Waals surface area contributed by atoms with E-state index in [0.29, 0.717) is 0 Å². The van der Waals surface area contributed by atoms with Crippen LogP contribution < -0.4 is 0 Å². The SMILES string of the molecule is CC(=O)c1ccc(C=CCO)cc1C. The zero-order valence-corrected chi connectivity index (χ0v) is 8.45. The van der Waals surface area contributed by atoms with Gasteiger partial charge in [-0.2, -0.15) is 0 Å². The van der Waals surface area contributed by atoms with E-state index in [1.807, 2.05) is 31.2 Å². The van der Waals surface area contributed by atoms with Gasteiger partial charge in [-0.1, -0.05) is 30.4 Å². The average Bonchev–Trinajstić information content (AvgIpc) is 2.14. The molecule has 0 aromatic heterocycles. The van der Waals surface area contributed by atoms with Gasteiger partial charge in [0.2, 0.25) is 0 Å². The van der Waals surface area contributed by atoms with Crippen molar-refractivity contribution < 1.29 is 9.90 Å². The van der Waals surface area contributed by atoms with Gasteiger partial charge in [-0.3, -0.25) is 4.79 Å². The number of aryl methyl sites for hydroxylation is 1. The fraction of sp³-hybridized carbons (Fsp3) is 0.250. The lowest BCUT2D eigenvalue weighted by atomic mass is 10.0. The molecule has 1 aromatic carbocycles. The van der Waals surface area contributed by atoms with Crippen LogP contribution >= 0.6 is 0 Å². The lowest BCUT2D eigenvalue weighted by molar-refractivity contribution is 0.101. The lowest BCUT2D eigenvalue weighted by Crippen LogP contribution is -1.95. The highest BCUT2D eigenvalue weighted by molar-refractivity contribution is 5.95. The van der Waals surface area contributed by atoms with Crippen LogP contribution in [0.5, 0.6) is 0 Å². The fourth-order valence-corrected chi connectivity index (χ4v) is 1.37. The maximum atomic E-state index is 11.1. The third-order valence-corrected chi connectivity index (χ3v) is 2.05. The monoisotopic (exact) mass is 190 g/mol. The molecule has 2 heteroatoms. The van der Waals surface area contributed by atoms with E-state index >= 15 is 0 Å². The van der Waals surface area contributed by atoms with E-state index in [1.165, 1.54) is 0 Å².